The first-order valence-corrected chi connectivity index (χ1v) is 11.6. The molecule has 3 aromatic rings. The molecule has 2 N–H and O–H groups in total. The number of nitrogens with one attached hydrogen (secondary N) is 2. The van der Waals surface area contributed by atoms with E-state index in [1.54, 1.807) is 11.3 Å². The zero-order chi connectivity index (χ0) is 22.7. The standard InChI is InChI=1S/C22H25ClF2N6S/c1-14-18(5-10-32-14)27-21-17(23)13-26-22(29-21)28-19-4-3-16(11-15(19)12-20(24)25)31-8-6-30(2)7-9-31/h3-5,10-11,13,20H,6-9,12H2,1-2H3,(H2,26,27,28,29). The maximum absolute atomic E-state index is 13.3. The Hall–Kier alpha value is -2.49. The lowest BCUT2D eigenvalue weighted by atomic mass is 10.1. The highest BCUT2D eigenvalue weighted by molar-refractivity contribution is 7.10. The van der Waals surface area contributed by atoms with Crippen molar-refractivity contribution in [1.29, 1.82) is 0 Å². The Morgan fingerprint density at radius 3 is 2.59 bits per heavy atom. The summed E-state index contributed by atoms with van der Waals surface area (Å²) in [5.74, 6) is 0.739. The first-order chi connectivity index (χ1) is 15.4. The molecule has 0 unspecified atom stereocenters. The highest BCUT2D eigenvalue weighted by Gasteiger charge is 2.18. The molecule has 10 heteroatoms. The van der Waals surface area contributed by atoms with Gasteiger partial charge >= 0.3 is 0 Å². The van der Waals surface area contributed by atoms with E-state index in [1.165, 1.54) is 6.20 Å². The van der Waals surface area contributed by atoms with Gasteiger partial charge in [-0.2, -0.15) is 4.98 Å². The van der Waals surface area contributed by atoms with Crippen molar-refractivity contribution in [2.24, 2.45) is 0 Å². The molecule has 4 rings (SSSR count). The van der Waals surface area contributed by atoms with E-state index < -0.39 is 6.43 Å². The SMILES string of the molecule is Cc1sccc1Nc1nc(Nc2ccc(N3CCN(C)CC3)cc2CC(F)F)ncc1Cl. The van der Waals surface area contributed by atoms with Crippen LogP contribution in [-0.2, 0) is 6.42 Å². The normalized spacial score (nSPS) is 14.8. The van der Waals surface area contributed by atoms with Gasteiger partial charge in [0.05, 0.1) is 11.9 Å². The molecule has 1 aliphatic heterocycles. The van der Waals surface area contributed by atoms with Crippen LogP contribution in [0.25, 0.3) is 0 Å². The number of hydrogen-bond donors (Lipinski definition) is 2. The third kappa shape index (κ3) is 5.46. The van der Waals surface area contributed by atoms with E-state index in [4.69, 9.17) is 11.6 Å². The summed E-state index contributed by atoms with van der Waals surface area (Å²) in [6.07, 6.45) is -1.31. The van der Waals surface area contributed by atoms with Crippen molar-refractivity contribution in [2.75, 3.05) is 48.8 Å². The van der Waals surface area contributed by atoms with E-state index in [0.29, 0.717) is 22.1 Å². The lowest BCUT2D eigenvalue weighted by Gasteiger charge is -2.34. The molecule has 1 saturated heterocycles. The molecular formula is C22H25ClF2N6S. The number of benzene rings is 1. The smallest absolute Gasteiger partial charge is 0.242 e. The van der Waals surface area contributed by atoms with Crippen LogP contribution in [0.5, 0.6) is 0 Å². The predicted molar refractivity (Wildman–Crippen MR) is 129 cm³/mol. The number of aromatic nitrogens is 2. The van der Waals surface area contributed by atoms with Crippen molar-refractivity contribution < 1.29 is 8.78 Å². The average molecular weight is 479 g/mol. The van der Waals surface area contributed by atoms with Gasteiger partial charge in [0.2, 0.25) is 12.4 Å². The van der Waals surface area contributed by atoms with Crippen molar-refractivity contribution in [3.8, 4) is 0 Å². The summed E-state index contributed by atoms with van der Waals surface area (Å²) < 4.78 is 26.7. The lowest BCUT2D eigenvalue weighted by molar-refractivity contribution is 0.149. The Balaban J connectivity index is 1.57. The van der Waals surface area contributed by atoms with Gasteiger partial charge in [0.25, 0.3) is 0 Å². The summed E-state index contributed by atoms with van der Waals surface area (Å²) >= 11 is 7.88. The monoisotopic (exact) mass is 478 g/mol. The maximum Gasteiger partial charge on any atom is 0.242 e. The van der Waals surface area contributed by atoms with Gasteiger partial charge in [-0.05, 0) is 49.2 Å². The summed E-state index contributed by atoms with van der Waals surface area (Å²) in [5.41, 5.74) is 2.95. The summed E-state index contributed by atoms with van der Waals surface area (Å²) in [7, 11) is 2.08. The Bertz CT molecular complexity index is 1070. The van der Waals surface area contributed by atoms with E-state index in [2.05, 4.69) is 37.4 Å². The number of alkyl halides is 2. The van der Waals surface area contributed by atoms with Crippen molar-refractivity contribution >= 4 is 51.8 Å². The topological polar surface area (TPSA) is 56.3 Å². The fraction of sp³-hybridized carbons (Fsp3) is 0.364. The minimum absolute atomic E-state index is 0.285. The number of hydrogen-bond acceptors (Lipinski definition) is 7. The van der Waals surface area contributed by atoms with Crippen molar-refractivity contribution in [2.45, 2.75) is 19.8 Å². The van der Waals surface area contributed by atoms with E-state index in [9.17, 15) is 8.78 Å². The summed E-state index contributed by atoms with van der Waals surface area (Å²) in [4.78, 5) is 14.3. The number of aryl methyl sites for hydroxylation is 1. The first-order valence-electron chi connectivity index (χ1n) is 10.3. The van der Waals surface area contributed by atoms with Crippen LogP contribution in [0.3, 0.4) is 0 Å². The number of halogens is 3. The number of piperazine rings is 1. The average Bonchev–Trinajstić information content (AvgIpc) is 3.16. The lowest BCUT2D eigenvalue weighted by Crippen LogP contribution is -2.44. The molecule has 1 aromatic carbocycles. The van der Waals surface area contributed by atoms with Crippen LogP contribution in [0.2, 0.25) is 5.02 Å². The molecule has 0 aliphatic carbocycles. The summed E-state index contributed by atoms with van der Waals surface area (Å²) in [6, 6.07) is 7.55. The van der Waals surface area contributed by atoms with Gasteiger partial charge in [-0.15, -0.1) is 11.3 Å². The van der Waals surface area contributed by atoms with E-state index in [1.807, 2.05) is 36.6 Å². The zero-order valence-corrected chi connectivity index (χ0v) is 19.5. The molecule has 0 amide bonds. The number of thiophene rings is 1. The van der Waals surface area contributed by atoms with Crippen LogP contribution in [0, 0.1) is 6.92 Å². The van der Waals surface area contributed by atoms with Gasteiger partial charge in [-0.1, -0.05) is 11.6 Å². The third-order valence-electron chi connectivity index (χ3n) is 5.43. The van der Waals surface area contributed by atoms with Gasteiger partial charge in [0, 0.05) is 48.9 Å². The quantitative estimate of drug-likeness (QED) is 0.464. The summed E-state index contributed by atoms with van der Waals surface area (Å²) in [6.45, 7) is 5.63. The number of likely N-dealkylation sites (N-methyl/N-ethyl adjacent to an activating group) is 1. The number of nitrogens with zero attached hydrogens (tertiary/aromatic N) is 4. The molecule has 32 heavy (non-hydrogen) atoms. The molecule has 2 aromatic heterocycles. The zero-order valence-electron chi connectivity index (χ0n) is 17.9. The Labute approximate surface area is 195 Å². The second-order valence-corrected chi connectivity index (χ2v) is 9.29. The van der Waals surface area contributed by atoms with E-state index in [-0.39, 0.29) is 12.4 Å². The van der Waals surface area contributed by atoms with Crippen LogP contribution >= 0.6 is 22.9 Å². The van der Waals surface area contributed by atoms with Crippen LogP contribution < -0.4 is 15.5 Å². The maximum atomic E-state index is 13.3. The van der Waals surface area contributed by atoms with E-state index >= 15 is 0 Å². The van der Waals surface area contributed by atoms with Gasteiger partial charge in [0.15, 0.2) is 5.82 Å². The van der Waals surface area contributed by atoms with Crippen LogP contribution in [0.1, 0.15) is 10.4 Å². The minimum atomic E-state index is -2.46. The Morgan fingerprint density at radius 2 is 1.91 bits per heavy atom. The van der Waals surface area contributed by atoms with Crippen LogP contribution in [-0.4, -0.2) is 54.5 Å². The fourth-order valence-corrected chi connectivity index (χ4v) is 4.37. The van der Waals surface area contributed by atoms with Gasteiger partial charge < -0.3 is 20.4 Å². The Kier molecular flexibility index (Phi) is 7.07. The molecule has 0 spiro atoms. The number of anilines is 5. The van der Waals surface area contributed by atoms with Gasteiger partial charge in [-0.25, -0.2) is 13.8 Å². The molecular weight excluding hydrogens is 454 g/mol. The molecule has 0 atom stereocenters. The van der Waals surface area contributed by atoms with Gasteiger partial charge in [0.1, 0.15) is 5.02 Å². The minimum Gasteiger partial charge on any atom is -0.369 e. The van der Waals surface area contributed by atoms with Crippen molar-refractivity contribution in [3.63, 3.8) is 0 Å². The molecule has 1 aliphatic rings. The van der Waals surface area contributed by atoms with Crippen molar-refractivity contribution in [1.82, 2.24) is 14.9 Å². The van der Waals surface area contributed by atoms with Gasteiger partial charge in [-0.3, -0.25) is 0 Å². The molecule has 170 valence electrons. The molecule has 0 bridgehead atoms. The highest BCUT2D eigenvalue weighted by atomic mass is 35.5. The highest BCUT2D eigenvalue weighted by Crippen LogP contribution is 2.31. The van der Waals surface area contributed by atoms with Crippen LogP contribution in [0.15, 0.2) is 35.8 Å². The third-order valence-corrected chi connectivity index (χ3v) is 6.56. The fourth-order valence-electron chi connectivity index (χ4n) is 3.58. The van der Waals surface area contributed by atoms with E-state index in [0.717, 1.165) is 42.4 Å². The van der Waals surface area contributed by atoms with Crippen LogP contribution in [0.4, 0.5) is 37.6 Å². The molecule has 6 nitrogen and oxygen atoms in total. The number of rotatable bonds is 7. The van der Waals surface area contributed by atoms with Crippen molar-refractivity contribution in [3.05, 3.63) is 51.3 Å². The molecule has 0 saturated carbocycles. The molecule has 0 radical (unpaired) electrons. The second-order valence-electron chi connectivity index (χ2n) is 7.76. The molecule has 1 fully saturated rings. The Morgan fingerprint density at radius 1 is 1.12 bits per heavy atom. The molecule has 3 heterocycles. The summed E-state index contributed by atoms with van der Waals surface area (Å²) in [5, 5.41) is 8.66. The first kappa shape index (κ1) is 22.7. The predicted octanol–water partition coefficient (Wildman–Crippen LogP) is 5.55. The second kappa shape index (κ2) is 9.97. The largest absolute Gasteiger partial charge is 0.369 e.